The van der Waals surface area contributed by atoms with Gasteiger partial charge in [-0.15, -0.1) is 0 Å². The smallest absolute Gasteiger partial charge is 0.356 e. The van der Waals surface area contributed by atoms with E-state index in [1.54, 1.807) is 12.1 Å². The summed E-state index contributed by atoms with van der Waals surface area (Å²) in [6.45, 7) is 1.74. The van der Waals surface area contributed by atoms with Crippen molar-refractivity contribution in [2.75, 3.05) is 11.9 Å². The number of hydrogen-bond donors (Lipinski definition) is 5. The normalized spacial score (nSPS) is 10.2. The molecular formula is C15H17N5O4S. The summed E-state index contributed by atoms with van der Waals surface area (Å²) < 4.78 is 0. The van der Waals surface area contributed by atoms with Crippen molar-refractivity contribution in [3.63, 3.8) is 0 Å². The number of rotatable bonds is 6. The number of urea groups is 1. The molecule has 0 bridgehead atoms. The van der Waals surface area contributed by atoms with Crippen molar-refractivity contribution < 1.29 is 19.5 Å². The maximum absolute atomic E-state index is 11.4. The standard InChI is InChI=1S/C15H17N5O4S/c1-8(21)18-15-19-11(13(22)23)12(25-15)10-4-2-9(3-5-10)6-7-17-14(24)20-16/h2-5H,6-7,16H2,1H3,(H,22,23)(H2,17,20,24)(H,18,19,21). The van der Waals surface area contributed by atoms with Crippen LogP contribution in [-0.2, 0) is 11.2 Å². The number of hydrazine groups is 1. The lowest BCUT2D eigenvalue weighted by molar-refractivity contribution is -0.114. The molecule has 0 aliphatic rings. The van der Waals surface area contributed by atoms with Gasteiger partial charge in [0.1, 0.15) is 0 Å². The molecule has 0 saturated carbocycles. The molecule has 1 aromatic heterocycles. The number of anilines is 1. The summed E-state index contributed by atoms with van der Waals surface area (Å²) in [5, 5.41) is 14.6. The molecule has 0 spiro atoms. The third-order valence-corrected chi connectivity index (χ3v) is 4.18. The van der Waals surface area contributed by atoms with Gasteiger partial charge in [0, 0.05) is 13.5 Å². The number of carbonyl (C=O) groups is 3. The predicted molar refractivity (Wildman–Crippen MR) is 93.2 cm³/mol. The van der Waals surface area contributed by atoms with Crippen molar-refractivity contribution in [2.45, 2.75) is 13.3 Å². The molecule has 10 heteroatoms. The van der Waals surface area contributed by atoms with Crippen LogP contribution in [0.4, 0.5) is 9.93 Å². The lowest BCUT2D eigenvalue weighted by Crippen LogP contribution is -2.40. The summed E-state index contributed by atoms with van der Waals surface area (Å²) in [5.41, 5.74) is 3.51. The van der Waals surface area contributed by atoms with Crippen LogP contribution in [0.15, 0.2) is 24.3 Å². The number of nitrogens with zero attached hydrogens (tertiary/aromatic N) is 1. The molecule has 2 rings (SSSR count). The van der Waals surface area contributed by atoms with Gasteiger partial charge >= 0.3 is 12.0 Å². The number of hydrogen-bond acceptors (Lipinski definition) is 6. The van der Waals surface area contributed by atoms with Crippen LogP contribution in [0, 0.1) is 0 Å². The van der Waals surface area contributed by atoms with Gasteiger partial charge in [-0.05, 0) is 17.5 Å². The molecule has 25 heavy (non-hydrogen) atoms. The molecule has 0 aliphatic heterocycles. The van der Waals surface area contributed by atoms with E-state index in [9.17, 15) is 19.5 Å². The van der Waals surface area contributed by atoms with E-state index < -0.39 is 12.0 Å². The number of nitrogens with one attached hydrogen (secondary N) is 3. The highest BCUT2D eigenvalue weighted by atomic mass is 32.1. The summed E-state index contributed by atoms with van der Waals surface area (Å²) in [4.78, 5) is 37.9. The molecule has 0 fully saturated rings. The van der Waals surface area contributed by atoms with Gasteiger partial charge in [0.05, 0.1) is 4.88 Å². The molecule has 1 heterocycles. The van der Waals surface area contributed by atoms with Gasteiger partial charge in [-0.1, -0.05) is 35.6 Å². The number of benzene rings is 1. The second-order valence-corrected chi connectivity index (χ2v) is 6.03. The fourth-order valence-electron chi connectivity index (χ4n) is 2.06. The van der Waals surface area contributed by atoms with E-state index >= 15 is 0 Å². The first-order valence-corrected chi connectivity index (χ1v) is 8.08. The van der Waals surface area contributed by atoms with Crippen molar-refractivity contribution in [3.8, 4) is 10.4 Å². The van der Waals surface area contributed by atoms with Crippen LogP contribution >= 0.6 is 11.3 Å². The molecular weight excluding hydrogens is 346 g/mol. The molecule has 0 unspecified atom stereocenters. The van der Waals surface area contributed by atoms with Crippen LogP contribution in [0.25, 0.3) is 10.4 Å². The van der Waals surface area contributed by atoms with Crippen LogP contribution in [-0.4, -0.2) is 34.5 Å². The Balaban J connectivity index is 2.15. The Morgan fingerprint density at radius 3 is 2.48 bits per heavy atom. The highest BCUT2D eigenvalue weighted by molar-refractivity contribution is 7.19. The lowest BCUT2D eigenvalue weighted by Gasteiger charge is -2.05. The Hall–Kier alpha value is -2.98. The molecule has 1 aromatic carbocycles. The minimum absolute atomic E-state index is 0.109. The van der Waals surface area contributed by atoms with Crippen LogP contribution in [0.3, 0.4) is 0 Å². The quantitative estimate of drug-likeness (QED) is 0.296. The molecule has 2 aromatic rings. The van der Waals surface area contributed by atoms with E-state index in [1.807, 2.05) is 17.6 Å². The number of nitrogens with two attached hydrogens (primary N) is 1. The van der Waals surface area contributed by atoms with Crippen molar-refractivity contribution in [1.82, 2.24) is 15.7 Å². The van der Waals surface area contributed by atoms with Gasteiger partial charge in [-0.3, -0.25) is 10.2 Å². The van der Waals surface area contributed by atoms with E-state index in [2.05, 4.69) is 15.6 Å². The number of carbonyl (C=O) groups excluding carboxylic acids is 2. The maximum Gasteiger partial charge on any atom is 0.356 e. The Bertz CT molecular complexity index is 788. The van der Waals surface area contributed by atoms with Gasteiger partial charge in [0.15, 0.2) is 10.8 Å². The summed E-state index contributed by atoms with van der Waals surface area (Å²) >= 11 is 1.10. The molecule has 0 aliphatic carbocycles. The molecule has 0 atom stereocenters. The highest BCUT2D eigenvalue weighted by Crippen LogP contribution is 2.33. The van der Waals surface area contributed by atoms with Crippen molar-refractivity contribution in [3.05, 3.63) is 35.5 Å². The summed E-state index contributed by atoms with van der Waals surface area (Å²) in [6.07, 6.45) is 0.597. The topological polar surface area (TPSA) is 146 Å². The Morgan fingerprint density at radius 2 is 1.92 bits per heavy atom. The fraction of sp³-hybridized carbons (Fsp3) is 0.200. The minimum Gasteiger partial charge on any atom is -0.476 e. The van der Waals surface area contributed by atoms with E-state index in [0.29, 0.717) is 23.4 Å². The molecule has 0 saturated heterocycles. The van der Waals surface area contributed by atoms with Crippen LogP contribution in [0.2, 0.25) is 0 Å². The number of aromatic nitrogens is 1. The first-order valence-electron chi connectivity index (χ1n) is 7.26. The van der Waals surface area contributed by atoms with Crippen molar-refractivity contribution in [2.24, 2.45) is 5.84 Å². The second kappa shape index (κ2) is 8.22. The predicted octanol–water partition coefficient (Wildman–Crippen LogP) is 1.18. The van der Waals surface area contributed by atoms with Gasteiger partial charge < -0.3 is 15.7 Å². The van der Waals surface area contributed by atoms with Crippen LogP contribution in [0.5, 0.6) is 0 Å². The maximum atomic E-state index is 11.4. The molecule has 132 valence electrons. The lowest BCUT2D eigenvalue weighted by atomic mass is 10.1. The fourth-order valence-corrected chi connectivity index (χ4v) is 3.07. The third kappa shape index (κ3) is 4.99. The van der Waals surface area contributed by atoms with E-state index in [-0.39, 0.29) is 16.7 Å². The number of carboxylic acid groups (broad SMARTS) is 1. The van der Waals surface area contributed by atoms with E-state index in [0.717, 1.165) is 16.9 Å². The zero-order valence-corrected chi connectivity index (χ0v) is 14.1. The first kappa shape index (κ1) is 18.4. The zero-order valence-electron chi connectivity index (χ0n) is 13.3. The van der Waals surface area contributed by atoms with Gasteiger partial charge in [-0.25, -0.2) is 20.4 Å². The molecule has 3 amide bonds. The minimum atomic E-state index is -1.16. The van der Waals surface area contributed by atoms with Crippen LogP contribution < -0.4 is 21.9 Å². The molecule has 6 N–H and O–H groups in total. The number of amides is 3. The Kier molecular flexibility index (Phi) is 6.03. The van der Waals surface area contributed by atoms with Crippen LogP contribution in [0.1, 0.15) is 23.0 Å². The SMILES string of the molecule is CC(=O)Nc1nc(C(=O)O)c(-c2ccc(CCNC(=O)NN)cc2)s1. The summed E-state index contributed by atoms with van der Waals surface area (Å²) in [7, 11) is 0. The first-order chi connectivity index (χ1) is 11.9. The average Bonchev–Trinajstić information content (AvgIpc) is 2.98. The third-order valence-electron chi connectivity index (χ3n) is 3.16. The largest absolute Gasteiger partial charge is 0.476 e. The summed E-state index contributed by atoms with van der Waals surface area (Å²) in [5.74, 6) is 3.48. The second-order valence-electron chi connectivity index (χ2n) is 5.03. The Labute approximate surface area is 147 Å². The van der Waals surface area contributed by atoms with Gasteiger partial charge in [0.25, 0.3) is 0 Å². The number of carboxylic acids is 1. The number of thiazole rings is 1. The Morgan fingerprint density at radius 1 is 1.24 bits per heavy atom. The van der Waals surface area contributed by atoms with Gasteiger partial charge in [-0.2, -0.15) is 0 Å². The molecule has 9 nitrogen and oxygen atoms in total. The average molecular weight is 363 g/mol. The van der Waals surface area contributed by atoms with Crippen molar-refractivity contribution in [1.29, 1.82) is 0 Å². The zero-order chi connectivity index (χ0) is 18.4. The van der Waals surface area contributed by atoms with E-state index in [4.69, 9.17) is 5.84 Å². The monoisotopic (exact) mass is 363 g/mol. The highest BCUT2D eigenvalue weighted by Gasteiger charge is 2.19. The van der Waals surface area contributed by atoms with Crippen molar-refractivity contribution >= 4 is 34.4 Å². The molecule has 0 radical (unpaired) electrons. The summed E-state index contributed by atoms with van der Waals surface area (Å²) in [6, 6.07) is 6.76. The number of aromatic carboxylic acids is 1. The van der Waals surface area contributed by atoms with Gasteiger partial charge in [0.2, 0.25) is 5.91 Å². The van der Waals surface area contributed by atoms with E-state index in [1.165, 1.54) is 6.92 Å².